The molecule has 0 saturated heterocycles. The van der Waals surface area contributed by atoms with E-state index in [2.05, 4.69) is 37.8 Å². The molecule has 92 valence electrons. The molecule has 5 heteroatoms. The molecular formula is C12H14BrClN2S. The Bertz CT molecular complexity index is 524. The Kier molecular flexibility index (Phi) is 4.39. The SMILES string of the molecule is CSCCn1c(C(C)Cl)nc2ccc(Br)cc21. The molecule has 0 spiro atoms. The maximum absolute atomic E-state index is 6.20. The zero-order valence-corrected chi connectivity index (χ0v) is 12.9. The summed E-state index contributed by atoms with van der Waals surface area (Å²) in [5, 5.41) is -0.0666. The van der Waals surface area contributed by atoms with Gasteiger partial charge in [0.25, 0.3) is 0 Å². The van der Waals surface area contributed by atoms with Gasteiger partial charge in [0.2, 0.25) is 0 Å². The van der Waals surface area contributed by atoms with Crippen molar-refractivity contribution in [1.29, 1.82) is 0 Å². The van der Waals surface area contributed by atoms with Gasteiger partial charge in [-0.1, -0.05) is 15.9 Å². The van der Waals surface area contributed by atoms with E-state index < -0.39 is 0 Å². The maximum atomic E-state index is 6.20. The Labute approximate surface area is 119 Å². The highest BCUT2D eigenvalue weighted by Gasteiger charge is 2.14. The minimum Gasteiger partial charge on any atom is -0.326 e. The van der Waals surface area contributed by atoms with Crippen LogP contribution in [0.5, 0.6) is 0 Å². The molecule has 0 amide bonds. The summed E-state index contributed by atoms with van der Waals surface area (Å²) in [6, 6.07) is 6.14. The van der Waals surface area contributed by atoms with Crippen LogP contribution in [0.2, 0.25) is 0 Å². The van der Waals surface area contributed by atoms with Gasteiger partial charge in [-0.2, -0.15) is 11.8 Å². The van der Waals surface area contributed by atoms with Crippen LogP contribution >= 0.6 is 39.3 Å². The molecule has 2 rings (SSSR count). The molecule has 0 saturated carbocycles. The molecule has 1 aromatic heterocycles. The quantitative estimate of drug-likeness (QED) is 0.769. The lowest BCUT2D eigenvalue weighted by Crippen LogP contribution is -2.06. The number of fused-ring (bicyclic) bond motifs is 1. The molecule has 17 heavy (non-hydrogen) atoms. The monoisotopic (exact) mass is 332 g/mol. The number of thioether (sulfide) groups is 1. The van der Waals surface area contributed by atoms with E-state index in [9.17, 15) is 0 Å². The van der Waals surface area contributed by atoms with Gasteiger partial charge in [0.1, 0.15) is 5.82 Å². The second-order valence-electron chi connectivity index (χ2n) is 3.86. The first-order valence-corrected chi connectivity index (χ1v) is 8.04. The van der Waals surface area contributed by atoms with Crippen LogP contribution in [-0.4, -0.2) is 21.6 Å². The molecule has 1 unspecified atom stereocenters. The van der Waals surface area contributed by atoms with Gasteiger partial charge in [0.05, 0.1) is 16.4 Å². The van der Waals surface area contributed by atoms with Crippen LogP contribution in [0.1, 0.15) is 18.1 Å². The largest absolute Gasteiger partial charge is 0.326 e. The standard InChI is InChI=1S/C12H14BrClN2S/c1-8(14)12-15-10-4-3-9(13)7-11(10)16(12)5-6-17-2/h3-4,7-8H,5-6H2,1-2H3. The summed E-state index contributed by atoms with van der Waals surface area (Å²) in [5.41, 5.74) is 2.16. The van der Waals surface area contributed by atoms with Crippen molar-refractivity contribution in [1.82, 2.24) is 9.55 Å². The first kappa shape index (κ1) is 13.2. The first-order chi connectivity index (χ1) is 8.13. The molecule has 0 N–H and O–H groups in total. The number of hydrogen-bond acceptors (Lipinski definition) is 2. The molecule has 0 radical (unpaired) electrons. The molecule has 2 aromatic rings. The van der Waals surface area contributed by atoms with E-state index >= 15 is 0 Å². The molecule has 1 heterocycles. The average molecular weight is 334 g/mol. The summed E-state index contributed by atoms with van der Waals surface area (Å²) >= 11 is 11.5. The van der Waals surface area contributed by atoms with E-state index in [1.807, 2.05) is 30.8 Å². The van der Waals surface area contributed by atoms with Crippen LogP contribution < -0.4 is 0 Å². The summed E-state index contributed by atoms with van der Waals surface area (Å²) in [4.78, 5) is 4.61. The van der Waals surface area contributed by atoms with Crippen molar-refractivity contribution in [3.63, 3.8) is 0 Å². The minimum atomic E-state index is -0.0666. The Balaban J connectivity index is 2.56. The minimum absolute atomic E-state index is 0.0666. The van der Waals surface area contributed by atoms with Crippen LogP contribution in [0.3, 0.4) is 0 Å². The number of imidazole rings is 1. The van der Waals surface area contributed by atoms with Crippen molar-refractivity contribution in [2.24, 2.45) is 0 Å². The zero-order valence-electron chi connectivity index (χ0n) is 9.78. The third-order valence-electron chi connectivity index (χ3n) is 2.61. The predicted octanol–water partition coefficient (Wildman–Crippen LogP) is 4.46. The first-order valence-electron chi connectivity index (χ1n) is 5.42. The number of hydrogen-bond donors (Lipinski definition) is 0. The fraction of sp³-hybridized carbons (Fsp3) is 0.417. The molecular weight excluding hydrogens is 320 g/mol. The molecule has 0 fully saturated rings. The normalized spacial score (nSPS) is 13.2. The smallest absolute Gasteiger partial charge is 0.127 e. The fourth-order valence-electron chi connectivity index (χ4n) is 1.84. The van der Waals surface area contributed by atoms with Crippen LogP contribution in [0, 0.1) is 0 Å². The fourth-order valence-corrected chi connectivity index (χ4v) is 2.72. The zero-order chi connectivity index (χ0) is 12.4. The third kappa shape index (κ3) is 2.80. The second-order valence-corrected chi connectivity index (χ2v) is 6.42. The predicted molar refractivity (Wildman–Crippen MR) is 80.1 cm³/mol. The summed E-state index contributed by atoms with van der Waals surface area (Å²) in [6.07, 6.45) is 2.11. The highest BCUT2D eigenvalue weighted by Crippen LogP contribution is 2.26. The van der Waals surface area contributed by atoms with E-state index in [0.717, 1.165) is 33.6 Å². The van der Waals surface area contributed by atoms with Gasteiger partial charge >= 0.3 is 0 Å². The van der Waals surface area contributed by atoms with Crippen LogP contribution in [0.25, 0.3) is 11.0 Å². The number of alkyl halides is 1. The van der Waals surface area contributed by atoms with Crippen molar-refractivity contribution >= 4 is 50.3 Å². The highest BCUT2D eigenvalue weighted by molar-refractivity contribution is 9.10. The molecule has 0 bridgehead atoms. The van der Waals surface area contributed by atoms with Crippen molar-refractivity contribution < 1.29 is 0 Å². The number of aryl methyl sites for hydroxylation is 1. The summed E-state index contributed by atoms with van der Waals surface area (Å²) in [5.74, 6) is 2.02. The molecule has 0 aliphatic heterocycles. The Morgan fingerprint density at radius 2 is 2.29 bits per heavy atom. The van der Waals surface area contributed by atoms with E-state index in [1.54, 1.807) is 0 Å². The molecule has 1 atom stereocenters. The highest BCUT2D eigenvalue weighted by atomic mass is 79.9. The van der Waals surface area contributed by atoms with Crippen LogP contribution in [0.4, 0.5) is 0 Å². The number of nitrogens with zero attached hydrogens (tertiary/aromatic N) is 2. The van der Waals surface area contributed by atoms with Gasteiger partial charge in [-0.15, -0.1) is 11.6 Å². The summed E-state index contributed by atoms with van der Waals surface area (Å²) < 4.78 is 3.29. The number of halogens is 2. The maximum Gasteiger partial charge on any atom is 0.127 e. The van der Waals surface area contributed by atoms with Crippen LogP contribution in [-0.2, 0) is 6.54 Å². The third-order valence-corrected chi connectivity index (χ3v) is 3.89. The summed E-state index contributed by atoms with van der Waals surface area (Å²) in [6.45, 7) is 2.91. The van der Waals surface area contributed by atoms with Gasteiger partial charge in [-0.25, -0.2) is 4.98 Å². The second kappa shape index (κ2) is 5.63. The van der Waals surface area contributed by atoms with Crippen LogP contribution in [0.15, 0.2) is 22.7 Å². The van der Waals surface area contributed by atoms with E-state index in [1.165, 1.54) is 0 Å². The van der Waals surface area contributed by atoms with Crippen molar-refractivity contribution in [3.05, 3.63) is 28.5 Å². The molecule has 0 aliphatic rings. The number of benzene rings is 1. The van der Waals surface area contributed by atoms with Crippen molar-refractivity contribution in [2.75, 3.05) is 12.0 Å². The lowest BCUT2D eigenvalue weighted by molar-refractivity contribution is 0.724. The van der Waals surface area contributed by atoms with Gasteiger partial charge < -0.3 is 4.57 Å². The lowest BCUT2D eigenvalue weighted by Gasteiger charge is -2.09. The van der Waals surface area contributed by atoms with E-state index in [-0.39, 0.29) is 5.38 Å². The Morgan fingerprint density at radius 3 is 2.94 bits per heavy atom. The molecule has 2 nitrogen and oxygen atoms in total. The summed E-state index contributed by atoms with van der Waals surface area (Å²) in [7, 11) is 0. The Morgan fingerprint density at radius 1 is 1.53 bits per heavy atom. The van der Waals surface area contributed by atoms with Gasteiger partial charge in [0.15, 0.2) is 0 Å². The van der Waals surface area contributed by atoms with Crippen molar-refractivity contribution in [2.45, 2.75) is 18.8 Å². The van der Waals surface area contributed by atoms with Gasteiger partial charge in [-0.3, -0.25) is 0 Å². The van der Waals surface area contributed by atoms with E-state index in [0.29, 0.717) is 0 Å². The van der Waals surface area contributed by atoms with Gasteiger partial charge in [-0.05, 0) is 31.4 Å². The van der Waals surface area contributed by atoms with Gasteiger partial charge in [0, 0.05) is 16.8 Å². The lowest BCUT2D eigenvalue weighted by atomic mass is 10.3. The van der Waals surface area contributed by atoms with E-state index in [4.69, 9.17) is 11.6 Å². The number of aromatic nitrogens is 2. The molecule has 1 aromatic carbocycles. The Hall–Kier alpha value is -0.190. The topological polar surface area (TPSA) is 17.8 Å². The molecule has 0 aliphatic carbocycles. The number of rotatable bonds is 4. The van der Waals surface area contributed by atoms with Crippen molar-refractivity contribution in [3.8, 4) is 0 Å². The average Bonchev–Trinajstić information content (AvgIpc) is 2.64.